The van der Waals surface area contributed by atoms with Gasteiger partial charge in [0.15, 0.2) is 0 Å². The first-order valence-electron chi connectivity index (χ1n) is 18.8. The molecular weight excluding hydrogens is 653 g/mol. The van der Waals surface area contributed by atoms with E-state index in [4.69, 9.17) is 0 Å². The maximum atomic E-state index is 3.96. The van der Waals surface area contributed by atoms with Crippen LogP contribution in [0.25, 0.3) is 66.2 Å². The molecule has 54 heavy (non-hydrogen) atoms. The Morgan fingerprint density at radius 1 is 0.519 bits per heavy atom. The molecule has 10 rings (SSSR count). The van der Waals surface area contributed by atoms with Crippen LogP contribution in [-0.4, -0.2) is 4.57 Å². The van der Waals surface area contributed by atoms with Gasteiger partial charge in [0.05, 0.1) is 11.0 Å². The van der Waals surface area contributed by atoms with Gasteiger partial charge in [0.25, 0.3) is 0 Å². The largest absolute Gasteiger partial charge is 0.310 e. The first-order chi connectivity index (χ1) is 26.4. The summed E-state index contributed by atoms with van der Waals surface area (Å²) in [5, 5.41) is 7.53. The number of nitrogens with zero attached hydrogens (tertiary/aromatic N) is 2. The monoisotopic (exact) mass is 692 g/mol. The second-order valence-corrected chi connectivity index (χ2v) is 15.0. The summed E-state index contributed by atoms with van der Waals surface area (Å²) in [4.78, 5) is 2.43. The van der Waals surface area contributed by atoms with Crippen LogP contribution in [0.3, 0.4) is 0 Å². The molecule has 8 aromatic carbocycles. The van der Waals surface area contributed by atoms with Gasteiger partial charge in [-0.05, 0) is 123 Å². The maximum Gasteiger partial charge on any atom is 0.0541 e. The number of allylic oxidation sites excluding steroid dienone is 2. The van der Waals surface area contributed by atoms with Crippen LogP contribution in [0.5, 0.6) is 0 Å². The summed E-state index contributed by atoms with van der Waals surface area (Å²) >= 11 is 0. The first kappa shape index (κ1) is 32.0. The zero-order valence-corrected chi connectivity index (χ0v) is 30.8. The van der Waals surface area contributed by atoms with Crippen LogP contribution in [0.4, 0.5) is 17.1 Å². The molecule has 9 aromatic rings. The van der Waals surface area contributed by atoms with E-state index in [1.54, 1.807) is 0 Å². The van der Waals surface area contributed by atoms with Crippen molar-refractivity contribution in [2.45, 2.75) is 26.2 Å². The lowest BCUT2D eigenvalue weighted by molar-refractivity contribution is 0.660. The predicted molar refractivity (Wildman–Crippen MR) is 232 cm³/mol. The molecular formula is C52H40N2. The molecule has 0 aliphatic heterocycles. The fourth-order valence-corrected chi connectivity index (χ4v) is 9.13. The van der Waals surface area contributed by atoms with Crippen molar-refractivity contribution in [3.63, 3.8) is 0 Å². The van der Waals surface area contributed by atoms with Crippen molar-refractivity contribution in [2.24, 2.45) is 0 Å². The van der Waals surface area contributed by atoms with Gasteiger partial charge in [-0.2, -0.15) is 0 Å². The molecule has 0 saturated carbocycles. The third-order valence-electron chi connectivity index (χ3n) is 11.7. The highest BCUT2D eigenvalue weighted by Crippen LogP contribution is 2.51. The van der Waals surface area contributed by atoms with E-state index in [9.17, 15) is 0 Å². The molecule has 0 saturated heterocycles. The molecule has 0 atom stereocenters. The SMILES string of the molecule is C=C/C=C\c1c(C)c2ccccc2c2cc(N(c3ccc(-n4c5ccccc5c5ccccc54)cc3)c3ccc4c(c3)C(C)(C)c3ccccc3-4)ccc12. The highest BCUT2D eigenvalue weighted by atomic mass is 15.1. The van der Waals surface area contributed by atoms with Crippen molar-refractivity contribution in [2.75, 3.05) is 4.90 Å². The molecule has 0 fully saturated rings. The predicted octanol–water partition coefficient (Wildman–Crippen LogP) is 14.4. The van der Waals surface area contributed by atoms with Crippen LogP contribution in [0.2, 0.25) is 0 Å². The molecule has 1 aliphatic carbocycles. The van der Waals surface area contributed by atoms with Crippen LogP contribution in [0.1, 0.15) is 36.1 Å². The smallest absolute Gasteiger partial charge is 0.0541 e. The number of anilines is 3. The molecule has 1 aromatic heterocycles. The number of aromatic nitrogens is 1. The molecule has 0 N–H and O–H groups in total. The van der Waals surface area contributed by atoms with E-state index >= 15 is 0 Å². The third-order valence-corrected chi connectivity index (χ3v) is 11.7. The summed E-state index contributed by atoms with van der Waals surface area (Å²) in [6.45, 7) is 10.9. The van der Waals surface area contributed by atoms with Crippen molar-refractivity contribution in [1.82, 2.24) is 4.57 Å². The number of aryl methyl sites for hydroxylation is 1. The van der Waals surface area contributed by atoms with Crippen LogP contribution < -0.4 is 4.90 Å². The Balaban J connectivity index is 1.19. The van der Waals surface area contributed by atoms with Gasteiger partial charge < -0.3 is 9.47 Å². The summed E-state index contributed by atoms with van der Waals surface area (Å²) in [7, 11) is 0. The third kappa shape index (κ3) is 4.73. The van der Waals surface area contributed by atoms with E-state index in [0.717, 1.165) is 22.7 Å². The first-order valence-corrected chi connectivity index (χ1v) is 18.8. The molecule has 0 spiro atoms. The van der Waals surface area contributed by atoms with Gasteiger partial charge in [-0.3, -0.25) is 0 Å². The molecule has 0 amide bonds. The normalized spacial score (nSPS) is 13.2. The van der Waals surface area contributed by atoms with E-state index < -0.39 is 0 Å². The van der Waals surface area contributed by atoms with Crippen LogP contribution >= 0.6 is 0 Å². The summed E-state index contributed by atoms with van der Waals surface area (Å²) in [5.74, 6) is 0. The fourth-order valence-electron chi connectivity index (χ4n) is 9.13. The molecule has 258 valence electrons. The summed E-state index contributed by atoms with van der Waals surface area (Å²) in [5.41, 5.74) is 14.7. The number of hydrogen-bond acceptors (Lipinski definition) is 1. The average molecular weight is 693 g/mol. The molecule has 0 radical (unpaired) electrons. The quantitative estimate of drug-likeness (QED) is 0.124. The van der Waals surface area contributed by atoms with Gasteiger partial charge in [0, 0.05) is 38.9 Å². The zero-order valence-electron chi connectivity index (χ0n) is 30.8. The topological polar surface area (TPSA) is 8.17 Å². The molecule has 2 nitrogen and oxygen atoms in total. The lowest BCUT2D eigenvalue weighted by Crippen LogP contribution is -2.16. The standard InChI is InChI=1S/C52H40N2/c1-5-6-15-39-34(2)40-16-7-8-17-41(40)47-32-37(28-30-42(39)47)53(38-29-31-44-43-18-9-12-21-48(43)52(3,4)49(44)33-38)35-24-26-36(27-25-35)54-50-22-13-10-19-45(50)46-20-11-14-23-51(46)54/h5-33H,1H2,2-4H3/b15-6-. The Hall–Kier alpha value is -6.64. The lowest BCUT2D eigenvalue weighted by atomic mass is 9.82. The zero-order chi connectivity index (χ0) is 36.6. The Bertz CT molecular complexity index is 2940. The van der Waals surface area contributed by atoms with Gasteiger partial charge in [0.2, 0.25) is 0 Å². The highest BCUT2D eigenvalue weighted by Gasteiger charge is 2.35. The summed E-state index contributed by atoms with van der Waals surface area (Å²) in [6, 6.07) is 58.2. The number of benzene rings is 8. The van der Waals surface area contributed by atoms with E-state index in [1.807, 2.05) is 12.2 Å². The number of rotatable bonds is 6. The van der Waals surface area contributed by atoms with Crippen molar-refractivity contribution in [1.29, 1.82) is 0 Å². The number of hydrogen-bond donors (Lipinski definition) is 0. The number of para-hydroxylation sites is 2. The molecule has 1 aliphatic rings. The van der Waals surface area contributed by atoms with E-state index in [0.29, 0.717) is 0 Å². The van der Waals surface area contributed by atoms with Crippen molar-refractivity contribution < 1.29 is 0 Å². The average Bonchev–Trinajstić information content (AvgIpc) is 3.67. The van der Waals surface area contributed by atoms with Gasteiger partial charge >= 0.3 is 0 Å². The lowest BCUT2D eigenvalue weighted by Gasteiger charge is -2.29. The summed E-state index contributed by atoms with van der Waals surface area (Å²) < 4.78 is 2.39. The van der Waals surface area contributed by atoms with E-state index in [-0.39, 0.29) is 5.41 Å². The second kappa shape index (κ2) is 12.2. The Morgan fingerprint density at radius 3 is 1.81 bits per heavy atom. The molecule has 0 unspecified atom stereocenters. The Morgan fingerprint density at radius 2 is 1.09 bits per heavy atom. The fraction of sp³-hybridized carbons (Fsp3) is 0.0769. The van der Waals surface area contributed by atoms with E-state index in [1.165, 1.54) is 76.7 Å². The summed E-state index contributed by atoms with van der Waals surface area (Å²) in [6.07, 6.45) is 6.09. The Kier molecular flexibility index (Phi) is 7.25. The van der Waals surface area contributed by atoms with Gasteiger partial charge in [-0.15, -0.1) is 0 Å². The minimum Gasteiger partial charge on any atom is -0.310 e. The minimum atomic E-state index is -0.114. The van der Waals surface area contributed by atoms with Crippen LogP contribution in [0, 0.1) is 6.92 Å². The van der Waals surface area contributed by atoms with Gasteiger partial charge in [-0.1, -0.05) is 136 Å². The minimum absolute atomic E-state index is 0.114. The second-order valence-electron chi connectivity index (χ2n) is 15.0. The van der Waals surface area contributed by atoms with Crippen LogP contribution in [-0.2, 0) is 5.41 Å². The van der Waals surface area contributed by atoms with Crippen molar-refractivity contribution in [3.8, 4) is 16.8 Å². The van der Waals surface area contributed by atoms with Crippen molar-refractivity contribution in [3.05, 3.63) is 199 Å². The maximum absolute atomic E-state index is 3.96. The van der Waals surface area contributed by atoms with Gasteiger partial charge in [0.1, 0.15) is 0 Å². The van der Waals surface area contributed by atoms with Crippen LogP contribution in [0.15, 0.2) is 176 Å². The molecule has 2 heteroatoms. The molecule has 1 heterocycles. The highest BCUT2D eigenvalue weighted by molar-refractivity contribution is 6.14. The van der Waals surface area contributed by atoms with Crippen molar-refractivity contribution >= 4 is 66.5 Å². The van der Waals surface area contributed by atoms with Gasteiger partial charge in [-0.25, -0.2) is 0 Å². The number of fused-ring (bicyclic) bond motifs is 9. The molecule has 0 bridgehead atoms. The van der Waals surface area contributed by atoms with E-state index in [2.05, 4.69) is 201 Å². The Labute approximate surface area is 316 Å².